The molecule has 1 aliphatic rings. The van der Waals surface area contributed by atoms with Gasteiger partial charge < -0.3 is 9.80 Å². The zero-order valence-electron chi connectivity index (χ0n) is 16.2. The minimum Gasteiger partial charge on any atom is -0.368 e. The number of alkyl halides is 3. The number of benzene rings is 2. The average Bonchev–Trinajstić information content (AvgIpc) is 2.75. The molecule has 1 amide bonds. The van der Waals surface area contributed by atoms with Crippen LogP contribution in [0.25, 0.3) is 10.8 Å². The van der Waals surface area contributed by atoms with Crippen molar-refractivity contribution >= 4 is 22.4 Å². The van der Waals surface area contributed by atoms with Gasteiger partial charge in [0, 0.05) is 44.3 Å². The first-order chi connectivity index (χ1) is 14.3. The lowest BCUT2D eigenvalue weighted by atomic mass is 10.1. The van der Waals surface area contributed by atoms with Gasteiger partial charge in [-0.05, 0) is 24.3 Å². The molecule has 0 radical (unpaired) electrons. The molecule has 0 atom stereocenters. The lowest BCUT2D eigenvalue weighted by Gasteiger charge is -2.36. The van der Waals surface area contributed by atoms with Crippen molar-refractivity contribution in [2.24, 2.45) is 7.05 Å². The molecule has 1 saturated heterocycles. The molecule has 1 aliphatic heterocycles. The molecule has 1 aromatic heterocycles. The summed E-state index contributed by atoms with van der Waals surface area (Å²) in [5.74, 6) is -0.300. The number of aryl methyl sites for hydroxylation is 1. The summed E-state index contributed by atoms with van der Waals surface area (Å²) in [5.41, 5.74) is -0.307. The minimum absolute atomic E-state index is 0.195. The minimum atomic E-state index is -4.40. The molecule has 156 valence electrons. The van der Waals surface area contributed by atoms with Crippen molar-refractivity contribution < 1.29 is 18.0 Å². The fourth-order valence-electron chi connectivity index (χ4n) is 3.65. The first-order valence-corrected chi connectivity index (χ1v) is 9.43. The van der Waals surface area contributed by atoms with Crippen LogP contribution in [0.15, 0.2) is 53.3 Å². The second-order valence-electron chi connectivity index (χ2n) is 7.15. The third-order valence-electron chi connectivity index (χ3n) is 5.26. The van der Waals surface area contributed by atoms with Gasteiger partial charge >= 0.3 is 6.18 Å². The second-order valence-corrected chi connectivity index (χ2v) is 7.15. The van der Waals surface area contributed by atoms with Gasteiger partial charge in [0.1, 0.15) is 0 Å². The van der Waals surface area contributed by atoms with Gasteiger partial charge in [0.25, 0.3) is 11.5 Å². The highest BCUT2D eigenvalue weighted by atomic mass is 19.4. The van der Waals surface area contributed by atoms with E-state index in [1.165, 1.54) is 13.1 Å². The summed E-state index contributed by atoms with van der Waals surface area (Å²) in [5, 5.41) is 5.08. The Bertz CT molecular complexity index is 1160. The largest absolute Gasteiger partial charge is 0.416 e. The molecule has 0 N–H and O–H groups in total. The molecule has 0 aliphatic carbocycles. The van der Waals surface area contributed by atoms with Crippen LogP contribution in [0.4, 0.5) is 18.9 Å². The molecule has 2 aromatic carbocycles. The van der Waals surface area contributed by atoms with Gasteiger partial charge in [-0.2, -0.15) is 18.3 Å². The smallest absolute Gasteiger partial charge is 0.368 e. The maximum Gasteiger partial charge on any atom is 0.416 e. The van der Waals surface area contributed by atoms with Crippen LogP contribution in [-0.4, -0.2) is 46.8 Å². The fraction of sp³-hybridized carbons (Fsp3) is 0.286. The summed E-state index contributed by atoms with van der Waals surface area (Å²) in [4.78, 5) is 28.8. The number of hydrogen-bond donors (Lipinski definition) is 0. The summed E-state index contributed by atoms with van der Waals surface area (Å²) >= 11 is 0. The number of rotatable bonds is 2. The van der Waals surface area contributed by atoms with Crippen molar-refractivity contribution in [3.63, 3.8) is 0 Å². The van der Waals surface area contributed by atoms with Gasteiger partial charge in [-0.25, -0.2) is 4.68 Å². The molecule has 0 spiro atoms. The van der Waals surface area contributed by atoms with Crippen LogP contribution in [0.3, 0.4) is 0 Å². The van der Waals surface area contributed by atoms with Crippen LogP contribution < -0.4 is 10.5 Å². The summed E-state index contributed by atoms with van der Waals surface area (Å²) < 4.78 is 40.1. The SMILES string of the molecule is Cn1nc(C(=O)N2CCN(c3cccc(C(F)(F)F)c3)CC2)c2ccccc2c1=O. The van der Waals surface area contributed by atoms with Crippen molar-refractivity contribution in [2.45, 2.75) is 6.18 Å². The molecule has 2 heterocycles. The molecule has 4 rings (SSSR count). The molecular formula is C21H19F3N4O2. The number of halogens is 3. The third-order valence-corrected chi connectivity index (χ3v) is 5.26. The topological polar surface area (TPSA) is 58.4 Å². The van der Waals surface area contributed by atoms with Gasteiger partial charge in [0.2, 0.25) is 0 Å². The van der Waals surface area contributed by atoms with E-state index in [0.29, 0.717) is 42.6 Å². The highest BCUT2D eigenvalue weighted by Gasteiger charge is 2.31. The van der Waals surface area contributed by atoms with E-state index in [0.717, 1.165) is 16.8 Å². The van der Waals surface area contributed by atoms with E-state index < -0.39 is 11.7 Å². The van der Waals surface area contributed by atoms with E-state index in [2.05, 4.69) is 5.10 Å². The Hall–Kier alpha value is -3.36. The van der Waals surface area contributed by atoms with Gasteiger partial charge in [0.05, 0.1) is 10.9 Å². The van der Waals surface area contributed by atoms with Gasteiger partial charge in [-0.1, -0.05) is 24.3 Å². The van der Waals surface area contributed by atoms with Crippen LogP contribution in [-0.2, 0) is 13.2 Å². The maximum atomic E-state index is 13.1. The van der Waals surface area contributed by atoms with Crippen molar-refractivity contribution in [1.82, 2.24) is 14.7 Å². The van der Waals surface area contributed by atoms with Crippen LogP contribution in [0.1, 0.15) is 16.1 Å². The Morgan fingerprint density at radius 3 is 2.30 bits per heavy atom. The van der Waals surface area contributed by atoms with Gasteiger partial charge in [0.15, 0.2) is 5.69 Å². The molecule has 6 nitrogen and oxygen atoms in total. The van der Waals surface area contributed by atoms with E-state index in [4.69, 9.17) is 0 Å². The van der Waals surface area contributed by atoms with E-state index in [9.17, 15) is 22.8 Å². The summed E-state index contributed by atoms with van der Waals surface area (Å²) in [6, 6.07) is 12.0. The molecule has 0 unspecified atom stereocenters. The number of nitrogens with zero attached hydrogens (tertiary/aromatic N) is 4. The van der Waals surface area contributed by atoms with Crippen molar-refractivity contribution in [3.8, 4) is 0 Å². The number of amides is 1. The monoisotopic (exact) mass is 416 g/mol. The van der Waals surface area contributed by atoms with Crippen LogP contribution in [0.2, 0.25) is 0 Å². The standard InChI is InChI=1S/C21H19F3N4O2/c1-26-19(29)17-8-3-2-7-16(17)18(25-26)20(30)28-11-9-27(10-12-28)15-6-4-5-14(13-15)21(22,23)24/h2-8,13H,9-12H2,1H3. The van der Waals surface area contributed by atoms with E-state index >= 15 is 0 Å². The maximum absolute atomic E-state index is 13.1. The molecule has 1 fully saturated rings. The zero-order valence-corrected chi connectivity index (χ0v) is 16.2. The molecule has 9 heteroatoms. The molecule has 0 bridgehead atoms. The lowest BCUT2D eigenvalue weighted by molar-refractivity contribution is -0.137. The Labute approximate surface area is 170 Å². The first-order valence-electron chi connectivity index (χ1n) is 9.43. The number of carbonyl (C=O) groups is 1. The number of carbonyl (C=O) groups excluding carboxylic acids is 1. The van der Waals surface area contributed by atoms with E-state index in [1.54, 1.807) is 35.2 Å². The van der Waals surface area contributed by atoms with Crippen molar-refractivity contribution in [2.75, 3.05) is 31.1 Å². The predicted octanol–water partition coefficient (Wildman–Crippen LogP) is 2.91. The first kappa shape index (κ1) is 19.9. The highest BCUT2D eigenvalue weighted by Crippen LogP contribution is 2.32. The second kappa shape index (κ2) is 7.47. The molecule has 30 heavy (non-hydrogen) atoms. The third kappa shape index (κ3) is 3.62. The highest BCUT2D eigenvalue weighted by molar-refractivity contribution is 6.04. The summed E-state index contributed by atoms with van der Waals surface area (Å²) in [6.45, 7) is 1.48. The van der Waals surface area contributed by atoms with Gasteiger partial charge in [-0.15, -0.1) is 0 Å². The normalized spacial score (nSPS) is 14.9. The van der Waals surface area contributed by atoms with E-state index in [-0.39, 0.29) is 17.2 Å². The Morgan fingerprint density at radius 1 is 0.967 bits per heavy atom. The summed E-state index contributed by atoms with van der Waals surface area (Å²) in [6.07, 6.45) is -4.40. The van der Waals surface area contributed by atoms with Crippen LogP contribution in [0.5, 0.6) is 0 Å². The number of fused-ring (bicyclic) bond motifs is 1. The fourth-order valence-corrected chi connectivity index (χ4v) is 3.65. The Morgan fingerprint density at radius 2 is 1.63 bits per heavy atom. The number of anilines is 1. The lowest BCUT2D eigenvalue weighted by Crippen LogP contribution is -2.49. The quantitative estimate of drug-likeness (QED) is 0.645. The van der Waals surface area contributed by atoms with Gasteiger partial charge in [-0.3, -0.25) is 9.59 Å². The Balaban J connectivity index is 1.54. The van der Waals surface area contributed by atoms with Crippen molar-refractivity contribution in [1.29, 1.82) is 0 Å². The number of aromatic nitrogens is 2. The zero-order chi connectivity index (χ0) is 21.5. The Kier molecular flexibility index (Phi) is 4.97. The molecule has 0 saturated carbocycles. The number of hydrogen-bond acceptors (Lipinski definition) is 4. The molecule has 3 aromatic rings. The summed E-state index contributed by atoms with van der Waals surface area (Å²) in [7, 11) is 1.50. The average molecular weight is 416 g/mol. The van der Waals surface area contributed by atoms with Crippen LogP contribution in [0, 0.1) is 0 Å². The number of piperazine rings is 1. The van der Waals surface area contributed by atoms with E-state index in [1.807, 2.05) is 4.90 Å². The van der Waals surface area contributed by atoms with Crippen molar-refractivity contribution in [3.05, 3.63) is 70.1 Å². The molecular weight excluding hydrogens is 397 g/mol. The predicted molar refractivity (Wildman–Crippen MR) is 107 cm³/mol. The van der Waals surface area contributed by atoms with Crippen LogP contribution >= 0.6 is 0 Å².